The quantitative estimate of drug-likeness (QED) is 0.538. The highest BCUT2D eigenvalue weighted by Gasteiger charge is 2.15. The molecule has 4 aromatic rings. The van der Waals surface area contributed by atoms with Crippen molar-refractivity contribution < 1.29 is 4.74 Å². The summed E-state index contributed by atoms with van der Waals surface area (Å²) in [6.45, 7) is 9.49. The SMILES string of the molecule is C=C(c1ccc(=O)[nH]n1)c1cc(-c2ncnc3cc(N4CCOCC4)ccc23)ccc1C. The molecule has 32 heavy (non-hydrogen) atoms. The summed E-state index contributed by atoms with van der Waals surface area (Å²) in [7, 11) is 0. The molecule has 7 nitrogen and oxygen atoms in total. The van der Waals surface area contributed by atoms with Crippen molar-refractivity contribution in [3.8, 4) is 11.3 Å². The highest BCUT2D eigenvalue weighted by molar-refractivity contribution is 5.94. The Labute approximate surface area is 185 Å². The second-order valence-electron chi connectivity index (χ2n) is 7.84. The molecule has 2 aromatic heterocycles. The zero-order valence-corrected chi connectivity index (χ0v) is 17.8. The summed E-state index contributed by atoms with van der Waals surface area (Å²) in [4.78, 5) is 22.8. The number of H-pyrrole nitrogens is 1. The van der Waals surface area contributed by atoms with Crippen molar-refractivity contribution in [3.63, 3.8) is 0 Å². The highest BCUT2D eigenvalue weighted by Crippen LogP contribution is 2.32. The predicted octanol–water partition coefficient (Wildman–Crippen LogP) is 3.59. The van der Waals surface area contributed by atoms with E-state index in [0.717, 1.165) is 70.9 Å². The van der Waals surface area contributed by atoms with E-state index >= 15 is 0 Å². The van der Waals surface area contributed by atoms with Gasteiger partial charge in [-0.15, -0.1) is 0 Å². The molecular weight excluding hydrogens is 402 g/mol. The smallest absolute Gasteiger partial charge is 0.264 e. The Kier molecular flexibility index (Phi) is 5.25. The molecule has 0 atom stereocenters. The van der Waals surface area contributed by atoms with Gasteiger partial charge in [0, 0.05) is 41.4 Å². The maximum atomic E-state index is 11.4. The molecule has 1 aliphatic rings. The Morgan fingerprint density at radius 1 is 1.06 bits per heavy atom. The molecule has 160 valence electrons. The van der Waals surface area contributed by atoms with Gasteiger partial charge in [-0.1, -0.05) is 18.7 Å². The van der Waals surface area contributed by atoms with Crippen LogP contribution in [-0.2, 0) is 4.74 Å². The topological polar surface area (TPSA) is 84.0 Å². The van der Waals surface area contributed by atoms with Crippen molar-refractivity contribution in [2.75, 3.05) is 31.2 Å². The van der Waals surface area contributed by atoms with Crippen LogP contribution in [0.15, 0.2) is 66.2 Å². The number of ether oxygens (including phenoxy) is 1. The predicted molar refractivity (Wildman–Crippen MR) is 126 cm³/mol. The molecular formula is C25H23N5O2. The van der Waals surface area contributed by atoms with Crippen molar-refractivity contribution in [1.82, 2.24) is 20.2 Å². The van der Waals surface area contributed by atoms with Gasteiger partial charge in [-0.2, -0.15) is 5.10 Å². The fourth-order valence-electron chi connectivity index (χ4n) is 4.04. The van der Waals surface area contributed by atoms with E-state index in [4.69, 9.17) is 4.74 Å². The fourth-order valence-corrected chi connectivity index (χ4v) is 4.04. The van der Waals surface area contributed by atoms with Crippen molar-refractivity contribution >= 4 is 22.2 Å². The standard InChI is InChI=1S/C25H23N5O2/c1-16-3-4-18(13-21(16)17(2)22-7-8-24(31)29-28-22)25-20-6-5-19(14-23(20)26-15-27-25)30-9-11-32-12-10-30/h3-8,13-15H,2,9-12H2,1H3,(H,29,31). The number of nitrogens with zero attached hydrogens (tertiary/aromatic N) is 4. The van der Waals surface area contributed by atoms with E-state index in [0.29, 0.717) is 5.69 Å². The zero-order valence-electron chi connectivity index (χ0n) is 17.8. The summed E-state index contributed by atoms with van der Waals surface area (Å²) in [6.07, 6.45) is 1.61. The van der Waals surface area contributed by atoms with Gasteiger partial charge in [0.2, 0.25) is 0 Å². The van der Waals surface area contributed by atoms with Crippen LogP contribution >= 0.6 is 0 Å². The number of nitrogens with one attached hydrogen (secondary N) is 1. The minimum Gasteiger partial charge on any atom is -0.378 e. The van der Waals surface area contributed by atoms with Gasteiger partial charge in [0.25, 0.3) is 5.56 Å². The monoisotopic (exact) mass is 425 g/mol. The average Bonchev–Trinajstić information content (AvgIpc) is 2.84. The fraction of sp³-hybridized carbons (Fsp3) is 0.200. The largest absolute Gasteiger partial charge is 0.378 e. The number of morpholine rings is 1. The lowest BCUT2D eigenvalue weighted by Gasteiger charge is -2.29. The van der Waals surface area contributed by atoms with Gasteiger partial charge in [0.05, 0.1) is 30.1 Å². The number of fused-ring (bicyclic) bond motifs is 1. The molecule has 0 bridgehead atoms. The van der Waals surface area contributed by atoms with E-state index in [1.807, 2.05) is 6.92 Å². The highest BCUT2D eigenvalue weighted by atomic mass is 16.5. The molecule has 0 spiro atoms. The van der Waals surface area contributed by atoms with Gasteiger partial charge in [-0.05, 0) is 48.4 Å². The molecule has 0 unspecified atom stereocenters. The average molecular weight is 425 g/mol. The lowest BCUT2D eigenvalue weighted by Crippen LogP contribution is -2.36. The van der Waals surface area contributed by atoms with E-state index in [9.17, 15) is 4.79 Å². The number of benzene rings is 2. The molecule has 0 amide bonds. The summed E-state index contributed by atoms with van der Waals surface area (Å²) in [5.41, 5.74) is 7.06. The molecule has 0 radical (unpaired) electrons. The van der Waals surface area contributed by atoms with E-state index in [2.05, 4.69) is 68.0 Å². The van der Waals surface area contributed by atoms with Gasteiger partial charge in [-0.3, -0.25) is 4.79 Å². The lowest BCUT2D eigenvalue weighted by molar-refractivity contribution is 0.122. The van der Waals surface area contributed by atoms with Crippen LogP contribution in [0.1, 0.15) is 16.8 Å². The summed E-state index contributed by atoms with van der Waals surface area (Å²) in [5.74, 6) is 0. The van der Waals surface area contributed by atoms with E-state index in [-0.39, 0.29) is 5.56 Å². The molecule has 1 fully saturated rings. The van der Waals surface area contributed by atoms with Gasteiger partial charge < -0.3 is 9.64 Å². The van der Waals surface area contributed by atoms with Crippen LogP contribution in [0.2, 0.25) is 0 Å². The van der Waals surface area contributed by atoms with E-state index in [1.54, 1.807) is 12.4 Å². The second kappa shape index (κ2) is 8.36. The Balaban J connectivity index is 1.55. The number of anilines is 1. The Morgan fingerprint density at radius 3 is 2.69 bits per heavy atom. The van der Waals surface area contributed by atoms with Gasteiger partial charge in [0.1, 0.15) is 6.33 Å². The lowest BCUT2D eigenvalue weighted by atomic mass is 9.95. The summed E-state index contributed by atoms with van der Waals surface area (Å²) < 4.78 is 5.47. The van der Waals surface area contributed by atoms with Crippen molar-refractivity contribution in [1.29, 1.82) is 0 Å². The Morgan fingerprint density at radius 2 is 1.91 bits per heavy atom. The van der Waals surface area contributed by atoms with Crippen LogP contribution in [-0.4, -0.2) is 46.5 Å². The third-order valence-electron chi connectivity index (χ3n) is 5.82. The molecule has 0 aliphatic carbocycles. The molecule has 5 rings (SSSR count). The molecule has 1 saturated heterocycles. The second-order valence-corrected chi connectivity index (χ2v) is 7.84. The number of hydrogen-bond acceptors (Lipinski definition) is 6. The number of aromatic nitrogens is 4. The maximum Gasteiger partial charge on any atom is 0.264 e. The number of rotatable bonds is 4. The summed E-state index contributed by atoms with van der Waals surface area (Å²) in [5, 5.41) is 7.59. The molecule has 1 aliphatic heterocycles. The first-order valence-electron chi connectivity index (χ1n) is 10.5. The van der Waals surface area contributed by atoms with Crippen LogP contribution < -0.4 is 10.5 Å². The van der Waals surface area contributed by atoms with Gasteiger partial charge in [0.15, 0.2) is 0 Å². The van der Waals surface area contributed by atoms with Gasteiger partial charge >= 0.3 is 0 Å². The van der Waals surface area contributed by atoms with Crippen LogP contribution in [0.4, 0.5) is 5.69 Å². The maximum absolute atomic E-state index is 11.4. The molecule has 0 saturated carbocycles. The zero-order chi connectivity index (χ0) is 22.1. The van der Waals surface area contributed by atoms with Crippen molar-refractivity contribution in [2.24, 2.45) is 0 Å². The summed E-state index contributed by atoms with van der Waals surface area (Å²) in [6, 6.07) is 15.6. The third-order valence-corrected chi connectivity index (χ3v) is 5.82. The Bertz CT molecular complexity index is 1350. The number of hydrogen-bond donors (Lipinski definition) is 1. The molecule has 3 heterocycles. The van der Waals surface area contributed by atoms with Crippen LogP contribution in [0.3, 0.4) is 0 Å². The first kappa shape index (κ1) is 20.1. The minimum atomic E-state index is -0.240. The van der Waals surface area contributed by atoms with Crippen molar-refractivity contribution in [3.05, 3.63) is 88.6 Å². The third kappa shape index (κ3) is 3.78. The Hall–Kier alpha value is -3.84. The van der Waals surface area contributed by atoms with Crippen LogP contribution in [0, 0.1) is 6.92 Å². The van der Waals surface area contributed by atoms with E-state index in [1.165, 1.54) is 6.07 Å². The molecule has 1 N–H and O–H groups in total. The number of aromatic amines is 1. The number of aryl methyl sites for hydroxylation is 1. The normalized spacial score (nSPS) is 14.0. The first-order valence-corrected chi connectivity index (χ1v) is 10.5. The molecule has 2 aromatic carbocycles. The van der Waals surface area contributed by atoms with Gasteiger partial charge in [-0.25, -0.2) is 15.1 Å². The van der Waals surface area contributed by atoms with Crippen LogP contribution in [0.25, 0.3) is 27.7 Å². The first-order chi connectivity index (χ1) is 15.6. The van der Waals surface area contributed by atoms with Crippen molar-refractivity contribution in [2.45, 2.75) is 6.92 Å². The van der Waals surface area contributed by atoms with Crippen LogP contribution in [0.5, 0.6) is 0 Å². The van der Waals surface area contributed by atoms with E-state index < -0.39 is 0 Å². The molecule has 7 heteroatoms. The minimum absolute atomic E-state index is 0.240. The summed E-state index contributed by atoms with van der Waals surface area (Å²) >= 11 is 0.